The summed E-state index contributed by atoms with van der Waals surface area (Å²) in [6.45, 7) is 3.41. The first-order valence-electron chi connectivity index (χ1n) is 9.15. The van der Waals surface area contributed by atoms with Crippen LogP contribution in [0, 0.1) is 0 Å². The molecule has 0 radical (unpaired) electrons. The topological polar surface area (TPSA) is 58.6 Å². The van der Waals surface area contributed by atoms with Crippen LogP contribution in [0.5, 0.6) is 5.75 Å². The summed E-state index contributed by atoms with van der Waals surface area (Å²) >= 11 is 5.95. The molecule has 0 amide bonds. The number of hydrogen-bond donors (Lipinski definition) is 1. The zero-order valence-corrected chi connectivity index (χ0v) is 17.0. The maximum Gasteiger partial charge on any atom is 0.265 e. The van der Waals surface area contributed by atoms with E-state index >= 15 is 0 Å². The number of benzene rings is 2. The predicted octanol–water partition coefficient (Wildman–Crippen LogP) is 4.18. The Hall–Kier alpha value is -1.76. The highest BCUT2D eigenvalue weighted by atomic mass is 35.5. The lowest BCUT2D eigenvalue weighted by atomic mass is 10.1. The largest absolute Gasteiger partial charge is 0.495 e. The van der Waals surface area contributed by atoms with E-state index < -0.39 is 10.0 Å². The first-order chi connectivity index (χ1) is 13.0. The SMILES string of the molecule is COc1ccc(Cl)cc1S(=O)(=O)Nc1ccc(CCN2CCCCC2)cc1. The first kappa shape index (κ1) is 20.0. The highest BCUT2D eigenvalue weighted by molar-refractivity contribution is 7.92. The van der Waals surface area contributed by atoms with Gasteiger partial charge >= 0.3 is 0 Å². The van der Waals surface area contributed by atoms with Crippen LogP contribution >= 0.6 is 11.6 Å². The van der Waals surface area contributed by atoms with E-state index in [9.17, 15) is 8.42 Å². The van der Waals surface area contributed by atoms with Gasteiger partial charge in [-0.2, -0.15) is 0 Å². The van der Waals surface area contributed by atoms with Crippen molar-refractivity contribution in [1.82, 2.24) is 4.90 Å². The van der Waals surface area contributed by atoms with Gasteiger partial charge in [-0.15, -0.1) is 0 Å². The third kappa shape index (κ3) is 5.37. The summed E-state index contributed by atoms with van der Waals surface area (Å²) in [7, 11) is -2.36. The molecule has 0 spiro atoms. The molecule has 0 atom stereocenters. The normalized spacial score (nSPS) is 15.5. The molecule has 1 saturated heterocycles. The van der Waals surface area contributed by atoms with Crippen LogP contribution in [-0.4, -0.2) is 40.1 Å². The first-order valence-corrected chi connectivity index (χ1v) is 11.0. The van der Waals surface area contributed by atoms with Crippen LogP contribution in [0.2, 0.25) is 5.02 Å². The van der Waals surface area contributed by atoms with Gasteiger partial charge in [-0.25, -0.2) is 8.42 Å². The van der Waals surface area contributed by atoms with Gasteiger partial charge in [-0.05, 0) is 68.2 Å². The fourth-order valence-corrected chi connectivity index (χ4v) is 4.77. The van der Waals surface area contributed by atoms with Crippen molar-refractivity contribution in [2.45, 2.75) is 30.6 Å². The molecular weight excluding hydrogens is 384 g/mol. The van der Waals surface area contributed by atoms with Gasteiger partial charge in [0.1, 0.15) is 10.6 Å². The van der Waals surface area contributed by atoms with E-state index in [1.165, 1.54) is 51.1 Å². The van der Waals surface area contributed by atoms with E-state index in [0.29, 0.717) is 10.7 Å². The number of halogens is 1. The van der Waals surface area contributed by atoms with E-state index in [-0.39, 0.29) is 10.6 Å². The van der Waals surface area contributed by atoms with Crippen LogP contribution in [0.3, 0.4) is 0 Å². The molecule has 0 saturated carbocycles. The van der Waals surface area contributed by atoms with Gasteiger partial charge in [0, 0.05) is 17.3 Å². The molecular formula is C20H25ClN2O3S. The number of ether oxygens (including phenoxy) is 1. The molecule has 1 N–H and O–H groups in total. The quantitative estimate of drug-likeness (QED) is 0.746. The minimum Gasteiger partial charge on any atom is -0.495 e. The Bertz CT molecular complexity index is 863. The number of piperidine rings is 1. The van der Waals surface area contributed by atoms with Crippen molar-refractivity contribution >= 4 is 27.3 Å². The molecule has 146 valence electrons. The monoisotopic (exact) mass is 408 g/mol. The number of sulfonamides is 1. The lowest BCUT2D eigenvalue weighted by molar-refractivity contribution is 0.231. The average molecular weight is 409 g/mol. The summed E-state index contributed by atoms with van der Waals surface area (Å²) in [5.41, 5.74) is 1.71. The number of rotatable bonds is 7. The number of nitrogens with zero attached hydrogens (tertiary/aromatic N) is 1. The Morgan fingerprint density at radius 3 is 2.44 bits per heavy atom. The summed E-state index contributed by atoms with van der Waals surface area (Å²) in [5.74, 6) is 0.255. The smallest absolute Gasteiger partial charge is 0.265 e. The van der Waals surface area contributed by atoms with Crippen molar-refractivity contribution in [3.05, 3.63) is 53.1 Å². The molecule has 5 nitrogen and oxygen atoms in total. The van der Waals surface area contributed by atoms with Gasteiger partial charge in [0.2, 0.25) is 0 Å². The fourth-order valence-electron chi connectivity index (χ4n) is 3.28. The zero-order chi connectivity index (χ0) is 19.3. The van der Waals surface area contributed by atoms with Crippen LogP contribution in [0.25, 0.3) is 0 Å². The van der Waals surface area contributed by atoms with E-state index in [1.54, 1.807) is 24.3 Å². The van der Waals surface area contributed by atoms with Gasteiger partial charge in [-0.1, -0.05) is 30.2 Å². The molecule has 0 unspecified atom stereocenters. The van der Waals surface area contributed by atoms with Crippen molar-refractivity contribution in [2.24, 2.45) is 0 Å². The van der Waals surface area contributed by atoms with Crippen molar-refractivity contribution in [3.63, 3.8) is 0 Å². The van der Waals surface area contributed by atoms with E-state index in [2.05, 4.69) is 9.62 Å². The maximum absolute atomic E-state index is 12.7. The molecule has 0 aliphatic carbocycles. The molecule has 0 bridgehead atoms. The molecule has 2 aromatic carbocycles. The Kier molecular flexibility index (Phi) is 6.63. The van der Waals surface area contributed by atoms with Gasteiger partial charge in [0.05, 0.1) is 7.11 Å². The number of methoxy groups -OCH3 is 1. The summed E-state index contributed by atoms with van der Waals surface area (Å²) in [6, 6.07) is 12.0. The molecule has 2 aromatic rings. The fraction of sp³-hybridized carbons (Fsp3) is 0.400. The minimum atomic E-state index is -3.79. The van der Waals surface area contributed by atoms with Crippen LogP contribution in [0.1, 0.15) is 24.8 Å². The van der Waals surface area contributed by atoms with Crippen molar-refractivity contribution in [2.75, 3.05) is 31.5 Å². The van der Waals surface area contributed by atoms with Crippen LogP contribution in [0.15, 0.2) is 47.4 Å². The Morgan fingerprint density at radius 2 is 1.78 bits per heavy atom. The highest BCUT2D eigenvalue weighted by Gasteiger charge is 2.20. The number of hydrogen-bond acceptors (Lipinski definition) is 4. The summed E-state index contributed by atoms with van der Waals surface area (Å²) in [4.78, 5) is 2.51. The molecule has 1 aliphatic rings. The van der Waals surface area contributed by atoms with E-state index in [0.717, 1.165) is 13.0 Å². The van der Waals surface area contributed by atoms with Gasteiger partial charge < -0.3 is 9.64 Å². The lowest BCUT2D eigenvalue weighted by Crippen LogP contribution is -2.31. The molecule has 3 rings (SSSR count). The zero-order valence-electron chi connectivity index (χ0n) is 15.4. The lowest BCUT2D eigenvalue weighted by Gasteiger charge is -2.26. The molecule has 1 aliphatic heterocycles. The summed E-state index contributed by atoms with van der Waals surface area (Å²) in [5, 5.41) is 0.337. The van der Waals surface area contributed by atoms with E-state index in [4.69, 9.17) is 16.3 Å². The molecule has 27 heavy (non-hydrogen) atoms. The van der Waals surface area contributed by atoms with Crippen molar-refractivity contribution < 1.29 is 13.2 Å². The number of nitrogens with one attached hydrogen (secondary N) is 1. The third-order valence-corrected chi connectivity index (χ3v) is 6.42. The predicted molar refractivity (Wildman–Crippen MR) is 109 cm³/mol. The Balaban J connectivity index is 1.66. The third-order valence-electron chi connectivity index (χ3n) is 4.79. The van der Waals surface area contributed by atoms with Crippen LogP contribution in [0.4, 0.5) is 5.69 Å². The van der Waals surface area contributed by atoms with Gasteiger partial charge in [0.25, 0.3) is 10.0 Å². The number of likely N-dealkylation sites (tertiary alicyclic amines) is 1. The Morgan fingerprint density at radius 1 is 1.07 bits per heavy atom. The molecule has 1 fully saturated rings. The van der Waals surface area contributed by atoms with Crippen LogP contribution in [-0.2, 0) is 16.4 Å². The summed E-state index contributed by atoms with van der Waals surface area (Å²) in [6.07, 6.45) is 4.87. The van der Waals surface area contributed by atoms with Crippen molar-refractivity contribution in [3.8, 4) is 5.75 Å². The van der Waals surface area contributed by atoms with Gasteiger partial charge in [0.15, 0.2) is 0 Å². The van der Waals surface area contributed by atoms with Crippen molar-refractivity contribution in [1.29, 1.82) is 0 Å². The molecule has 1 heterocycles. The number of anilines is 1. The second-order valence-electron chi connectivity index (χ2n) is 6.75. The second kappa shape index (κ2) is 8.95. The van der Waals surface area contributed by atoms with Crippen LogP contribution < -0.4 is 9.46 Å². The minimum absolute atomic E-state index is 0.0201. The van der Waals surface area contributed by atoms with E-state index in [1.807, 2.05) is 12.1 Å². The molecule has 7 heteroatoms. The maximum atomic E-state index is 12.7. The highest BCUT2D eigenvalue weighted by Crippen LogP contribution is 2.28. The second-order valence-corrected chi connectivity index (χ2v) is 8.84. The average Bonchev–Trinajstić information content (AvgIpc) is 2.68. The standard InChI is InChI=1S/C20H25ClN2O3S/c1-26-19-10-7-17(21)15-20(19)27(24,25)22-18-8-5-16(6-9-18)11-14-23-12-3-2-4-13-23/h5-10,15,22H,2-4,11-14H2,1H3. The van der Waals surface area contributed by atoms with Gasteiger partial charge in [-0.3, -0.25) is 4.72 Å². The summed E-state index contributed by atoms with van der Waals surface area (Å²) < 4.78 is 33.1. The molecule has 0 aromatic heterocycles. The Labute approximate surface area is 166 Å².